The number of methoxy groups -OCH3 is 1. The van der Waals surface area contributed by atoms with Crippen LogP contribution < -0.4 is 14.8 Å². The average molecular weight is 381 g/mol. The molecule has 0 aliphatic heterocycles. The van der Waals surface area contributed by atoms with E-state index in [0.717, 1.165) is 18.4 Å². The maximum absolute atomic E-state index is 12.4. The van der Waals surface area contributed by atoms with Crippen LogP contribution >= 0.6 is 11.3 Å². The number of carbonyl (C=O) groups is 1. The predicted molar refractivity (Wildman–Crippen MR) is 96.3 cm³/mol. The van der Waals surface area contributed by atoms with Crippen LogP contribution in [0.15, 0.2) is 24.3 Å². The minimum Gasteiger partial charge on any atom is -0.493 e. The fraction of sp³-hybridized carbons (Fsp3) is 0.421. The largest absolute Gasteiger partial charge is 0.493 e. The van der Waals surface area contributed by atoms with Gasteiger partial charge in [-0.3, -0.25) is 4.79 Å². The van der Waals surface area contributed by atoms with Gasteiger partial charge in [0.2, 0.25) is 0 Å². The highest BCUT2D eigenvalue weighted by molar-refractivity contribution is 7.14. The topological polar surface area (TPSA) is 47.6 Å². The molecule has 140 valence electrons. The minimum atomic E-state index is -2.91. The van der Waals surface area contributed by atoms with Crippen LogP contribution in [-0.4, -0.2) is 19.6 Å². The zero-order valence-electron chi connectivity index (χ0n) is 14.7. The molecule has 0 fully saturated rings. The molecule has 0 spiro atoms. The molecule has 1 heterocycles. The fourth-order valence-corrected chi connectivity index (χ4v) is 4.23. The van der Waals surface area contributed by atoms with Gasteiger partial charge in [-0.15, -0.1) is 11.3 Å². The van der Waals surface area contributed by atoms with Crippen molar-refractivity contribution in [1.29, 1.82) is 0 Å². The lowest BCUT2D eigenvalue weighted by Crippen LogP contribution is -2.21. The third-order valence-electron chi connectivity index (χ3n) is 4.45. The van der Waals surface area contributed by atoms with Crippen LogP contribution in [0.25, 0.3) is 0 Å². The monoisotopic (exact) mass is 381 g/mol. The Labute approximate surface area is 155 Å². The molecule has 26 heavy (non-hydrogen) atoms. The first kappa shape index (κ1) is 18.6. The molecule has 0 saturated heterocycles. The Morgan fingerprint density at radius 3 is 2.88 bits per heavy atom. The van der Waals surface area contributed by atoms with Crippen molar-refractivity contribution >= 4 is 17.2 Å². The molecule has 1 atom stereocenters. The van der Waals surface area contributed by atoms with Crippen LogP contribution in [0.5, 0.6) is 11.5 Å². The van der Waals surface area contributed by atoms with E-state index in [4.69, 9.17) is 4.74 Å². The van der Waals surface area contributed by atoms with E-state index >= 15 is 0 Å². The molecule has 0 radical (unpaired) electrons. The van der Waals surface area contributed by atoms with Crippen LogP contribution in [0.3, 0.4) is 0 Å². The number of fused-ring (bicyclic) bond motifs is 1. The molecule has 0 unspecified atom stereocenters. The van der Waals surface area contributed by atoms with Crippen molar-refractivity contribution in [2.24, 2.45) is 5.92 Å². The van der Waals surface area contributed by atoms with Gasteiger partial charge in [0.25, 0.3) is 5.91 Å². The molecule has 1 aromatic heterocycles. The number of alkyl halides is 2. The lowest BCUT2D eigenvalue weighted by Gasteiger charge is -2.16. The Bertz CT molecular complexity index is 791. The van der Waals surface area contributed by atoms with E-state index < -0.39 is 6.61 Å². The highest BCUT2D eigenvalue weighted by Gasteiger charge is 2.20. The van der Waals surface area contributed by atoms with E-state index in [2.05, 4.69) is 17.0 Å². The summed E-state index contributed by atoms with van der Waals surface area (Å²) >= 11 is 1.56. The number of nitrogens with one attached hydrogen (secondary N) is 1. The summed E-state index contributed by atoms with van der Waals surface area (Å²) in [5.41, 5.74) is 2.03. The molecule has 4 nitrogen and oxygen atoms in total. The molecule has 3 rings (SSSR count). The zero-order chi connectivity index (χ0) is 18.7. The summed E-state index contributed by atoms with van der Waals surface area (Å²) in [6, 6.07) is 6.61. The highest BCUT2D eigenvalue weighted by Crippen LogP contribution is 2.32. The van der Waals surface area contributed by atoms with Gasteiger partial charge in [-0.05, 0) is 54.5 Å². The van der Waals surface area contributed by atoms with Gasteiger partial charge in [0.15, 0.2) is 11.5 Å². The summed E-state index contributed by atoms with van der Waals surface area (Å²) in [4.78, 5) is 14.5. The SMILES string of the molecule is COc1cc(CNC(=O)c2cc3c(s2)CC[C@@H](C)C3)ccc1OC(F)F. The van der Waals surface area contributed by atoms with Crippen LogP contribution in [-0.2, 0) is 19.4 Å². The number of hydrogen-bond acceptors (Lipinski definition) is 4. The Morgan fingerprint density at radius 1 is 1.35 bits per heavy atom. The van der Waals surface area contributed by atoms with Crippen LogP contribution in [0, 0.1) is 5.92 Å². The number of thiophene rings is 1. The van der Waals surface area contributed by atoms with Crippen molar-refractivity contribution in [3.05, 3.63) is 45.1 Å². The number of amides is 1. The highest BCUT2D eigenvalue weighted by atomic mass is 32.1. The number of benzene rings is 1. The third-order valence-corrected chi connectivity index (χ3v) is 5.69. The molecule has 1 amide bonds. The van der Waals surface area contributed by atoms with Crippen molar-refractivity contribution in [3.8, 4) is 11.5 Å². The summed E-state index contributed by atoms with van der Waals surface area (Å²) in [7, 11) is 1.38. The summed E-state index contributed by atoms with van der Waals surface area (Å²) in [5, 5.41) is 2.87. The van der Waals surface area contributed by atoms with E-state index in [-0.39, 0.29) is 24.0 Å². The quantitative estimate of drug-likeness (QED) is 0.806. The Kier molecular flexibility index (Phi) is 5.76. The van der Waals surface area contributed by atoms with E-state index in [1.54, 1.807) is 23.5 Å². The normalized spacial score (nSPS) is 16.3. The first-order valence-corrected chi connectivity index (χ1v) is 9.29. The third kappa shape index (κ3) is 4.33. The molecule has 1 aliphatic rings. The number of carbonyl (C=O) groups excluding carboxylic acids is 1. The number of rotatable bonds is 6. The number of hydrogen-bond donors (Lipinski definition) is 1. The second-order valence-corrected chi connectivity index (χ2v) is 7.59. The smallest absolute Gasteiger partial charge is 0.387 e. The summed E-state index contributed by atoms with van der Waals surface area (Å²) in [6.45, 7) is -0.403. The van der Waals surface area contributed by atoms with Gasteiger partial charge in [-0.2, -0.15) is 8.78 Å². The first-order chi connectivity index (χ1) is 12.5. The molecular weight excluding hydrogens is 360 g/mol. The van der Waals surface area contributed by atoms with Crippen LogP contribution in [0.1, 0.15) is 39.0 Å². The number of ether oxygens (including phenoxy) is 2. The average Bonchev–Trinajstić information content (AvgIpc) is 3.03. The van der Waals surface area contributed by atoms with E-state index in [1.807, 2.05) is 6.07 Å². The van der Waals surface area contributed by atoms with Crippen molar-refractivity contribution in [3.63, 3.8) is 0 Å². The predicted octanol–water partition coefficient (Wildman–Crippen LogP) is 4.41. The lowest BCUT2D eigenvalue weighted by atomic mass is 9.90. The van der Waals surface area contributed by atoms with Gasteiger partial charge in [-0.25, -0.2) is 0 Å². The summed E-state index contributed by atoms with van der Waals surface area (Å²) in [6.07, 6.45) is 3.24. The minimum absolute atomic E-state index is 0.0300. The summed E-state index contributed by atoms with van der Waals surface area (Å²) in [5.74, 6) is 0.716. The lowest BCUT2D eigenvalue weighted by molar-refractivity contribution is -0.0512. The molecule has 2 aromatic rings. The molecule has 0 saturated carbocycles. The Balaban J connectivity index is 1.64. The van der Waals surface area contributed by atoms with Gasteiger partial charge < -0.3 is 14.8 Å². The molecule has 1 aliphatic carbocycles. The van der Waals surface area contributed by atoms with Crippen molar-refractivity contribution in [2.75, 3.05) is 7.11 Å². The molecule has 7 heteroatoms. The second kappa shape index (κ2) is 8.03. The van der Waals surface area contributed by atoms with Crippen molar-refractivity contribution < 1.29 is 23.0 Å². The van der Waals surface area contributed by atoms with Crippen molar-refractivity contribution in [2.45, 2.75) is 39.3 Å². The summed E-state index contributed by atoms with van der Waals surface area (Å²) < 4.78 is 34.2. The Morgan fingerprint density at radius 2 is 2.15 bits per heavy atom. The first-order valence-electron chi connectivity index (χ1n) is 8.47. The maximum Gasteiger partial charge on any atom is 0.387 e. The van der Waals surface area contributed by atoms with E-state index in [1.165, 1.54) is 30.0 Å². The molecular formula is C19H21F2NO3S. The molecule has 1 aromatic carbocycles. The van der Waals surface area contributed by atoms with E-state index in [0.29, 0.717) is 10.8 Å². The van der Waals surface area contributed by atoms with E-state index in [9.17, 15) is 13.6 Å². The Hall–Kier alpha value is -2.15. The molecule has 0 bridgehead atoms. The van der Waals surface area contributed by atoms with Crippen LogP contribution in [0.4, 0.5) is 8.78 Å². The van der Waals surface area contributed by atoms with Crippen LogP contribution in [0.2, 0.25) is 0 Å². The van der Waals surface area contributed by atoms with Gasteiger partial charge in [0, 0.05) is 11.4 Å². The van der Waals surface area contributed by atoms with Gasteiger partial charge in [0.1, 0.15) is 0 Å². The van der Waals surface area contributed by atoms with Gasteiger partial charge in [-0.1, -0.05) is 13.0 Å². The second-order valence-electron chi connectivity index (χ2n) is 6.45. The number of halogens is 2. The fourth-order valence-electron chi connectivity index (χ4n) is 3.10. The standard InChI is InChI=1S/C19H21F2NO3S/c1-11-3-6-16-13(7-11)9-17(26-16)18(23)22-10-12-4-5-14(25-19(20)21)15(8-12)24-2/h4-5,8-9,11,19H,3,6-7,10H2,1-2H3,(H,22,23)/t11-/m1/s1. The van der Waals surface area contributed by atoms with Crippen molar-refractivity contribution in [1.82, 2.24) is 5.32 Å². The number of aryl methyl sites for hydroxylation is 1. The zero-order valence-corrected chi connectivity index (χ0v) is 15.5. The van der Waals surface area contributed by atoms with Gasteiger partial charge in [0.05, 0.1) is 12.0 Å². The molecule has 1 N–H and O–H groups in total. The maximum atomic E-state index is 12.4. The van der Waals surface area contributed by atoms with Gasteiger partial charge >= 0.3 is 6.61 Å².